The van der Waals surface area contributed by atoms with Gasteiger partial charge in [0, 0.05) is 11.6 Å². The van der Waals surface area contributed by atoms with E-state index < -0.39 is 30.4 Å². The van der Waals surface area contributed by atoms with E-state index >= 15 is 0 Å². The fraction of sp³-hybridized carbons (Fsp3) is 0.462. The minimum absolute atomic E-state index is 0.206. The maximum absolute atomic E-state index is 11.9. The van der Waals surface area contributed by atoms with Crippen molar-refractivity contribution in [2.75, 3.05) is 0 Å². The molecule has 0 heterocycles. The summed E-state index contributed by atoms with van der Waals surface area (Å²) in [5.41, 5.74) is 6.13. The number of carbonyl (C=O) groups excluding carboxylic acids is 1. The molecule has 6 nitrogen and oxygen atoms in total. The fourth-order valence-corrected chi connectivity index (χ4v) is 2.25. The Morgan fingerprint density at radius 1 is 1.11 bits per heavy atom. The number of hydrogen-bond donors (Lipinski definition) is 5. The Bertz CT molecular complexity index is 440. The van der Waals surface area contributed by atoms with Gasteiger partial charge in [0.2, 0.25) is 0 Å². The van der Waals surface area contributed by atoms with Gasteiger partial charge in [-0.15, -0.1) is 0 Å². The number of carbonyl (C=O) groups is 1. The van der Waals surface area contributed by atoms with Crippen LogP contribution in [0.3, 0.4) is 0 Å². The zero-order valence-electron chi connectivity index (χ0n) is 10.3. The van der Waals surface area contributed by atoms with Crippen molar-refractivity contribution >= 4 is 5.91 Å². The lowest BCUT2D eigenvalue weighted by atomic mass is 9.84. The molecule has 0 saturated heterocycles. The molecule has 0 bridgehead atoms. The first kappa shape index (κ1) is 14.0. The molecule has 19 heavy (non-hydrogen) atoms. The third kappa shape index (κ3) is 2.93. The molecule has 2 rings (SSSR count). The summed E-state index contributed by atoms with van der Waals surface area (Å²) in [5, 5.41) is 31.6. The van der Waals surface area contributed by atoms with Gasteiger partial charge >= 0.3 is 0 Å². The molecule has 1 amide bonds. The van der Waals surface area contributed by atoms with Gasteiger partial charge in [-0.05, 0) is 18.6 Å². The van der Waals surface area contributed by atoms with Gasteiger partial charge < -0.3 is 26.4 Å². The zero-order chi connectivity index (χ0) is 14.0. The van der Waals surface area contributed by atoms with E-state index in [9.17, 15) is 20.1 Å². The molecule has 5 atom stereocenters. The van der Waals surface area contributed by atoms with Gasteiger partial charge in [0.1, 0.15) is 12.2 Å². The highest BCUT2D eigenvalue weighted by molar-refractivity contribution is 5.94. The molecule has 104 valence electrons. The summed E-state index contributed by atoms with van der Waals surface area (Å²) in [4.78, 5) is 11.9. The van der Waals surface area contributed by atoms with Crippen molar-refractivity contribution in [3.8, 4) is 0 Å². The van der Waals surface area contributed by atoms with E-state index in [0.717, 1.165) is 0 Å². The second-order valence-electron chi connectivity index (χ2n) is 4.82. The molecule has 0 unspecified atom stereocenters. The van der Waals surface area contributed by atoms with Crippen molar-refractivity contribution in [2.24, 2.45) is 5.73 Å². The van der Waals surface area contributed by atoms with Gasteiger partial charge in [0.15, 0.2) is 0 Å². The van der Waals surface area contributed by atoms with Crippen LogP contribution in [0.5, 0.6) is 0 Å². The Morgan fingerprint density at radius 3 is 2.37 bits per heavy atom. The maximum Gasteiger partial charge on any atom is 0.251 e. The van der Waals surface area contributed by atoms with E-state index in [1.54, 1.807) is 30.3 Å². The topological polar surface area (TPSA) is 116 Å². The van der Waals surface area contributed by atoms with Crippen molar-refractivity contribution in [3.05, 3.63) is 35.9 Å². The molecule has 1 aromatic rings. The van der Waals surface area contributed by atoms with Gasteiger partial charge in [-0.3, -0.25) is 4.79 Å². The first-order valence-corrected chi connectivity index (χ1v) is 6.16. The molecule has 1 saturated carbocycles. The average Bonchev–Trinajstić information content (AvgIpc) is 2.43. The second-order valence-corrected chi connectivity index (χ2v) is 4.82. The Kier molecular flexibility index (Phi) is 4.16. The standard InChI is InChI=1S/C13H18N2O4/c14-8-6-9(11(17)12(18)10(8)16)15-13(19)7-4-2-1-3-5-7/h1-5,8-12,16-18H,6,14H2,(H,15,19)/t8-,9+,10+,11-,12-/m0/s1. The molecule has 0 radical (unpaired) electrons. The number of nitrogens with one attached hydrogen (secondary N) is 1. The highest BCUT2D eigenvalue weighted by atomic mass is 16.4. The van der Waals surface area contributed by atoms with Crippen molar-refractivity contribution in [3.63, 3.8) is 0 Å². The van der Waals surface area contributed by atoms with Gasteiger partial charge in [0.25, 0.3) is 5.91 Å². The van der Waals surface area contributed by atoms with E-state index in [1.807, 2.05) is 0 Å². The third-order valence-corrected chi connectivity index (χ3v) is 3.43. The minimum atomic E-state index is -1.36. The van der Waals surface area contributed by atoms with E-state index in [4.69, 9.17) is 5.73 Å². The molecule has 0 spiro atoms. The summed E-state index contributed by atoms with van der Waals surface area (Å²) in [6, 6.07) is 7.20. The molecule has 1 aliphatic carbocycles. The molecule has 6 heteroatoms. The average molecular weight is 266 g/mol. The lowest BCUT2D eigenvalue weighted by molar-refractivity contribution is -0.104. The maximum atomic E-state index is 11.9. The van der Waals surface area contributed by atoms with E-state index in [1.165, 1.54) is 0 Å². The van der Waals surface area contributed by atoms with Crippen LogP contribution in [0.2, 0.25) is 0 Å². The normalized spacial score (nSPS) is 34.8. The smallest absolute Gasteiger partial charge is 0.251 e. The summed E-state index contributed by atoms with van der Waals surface area (Å²) < 4.78 is 0. The van der Waals surface area contributed by atoms with Crippen LogP contribution >= 0.6 is 0 Å². The predicted molar refractivity (Wildman–Crippen MR) is 68.3 cm³/mol. The van der Waals surface area contributed by atoms with Gasteiger partial charge in [0.05, 0.1) is 12.1 Å². The summed E-state index contributed by atoms with van der Waals surface area (Å²) in [6.45, 7) is 0. The molecule has 1 fully saturated rings. The SMILES string of the molecule is N[C@H]1C[C@@H](NC(=O)c2ccccc2)[C@H](O)[C@@H](O)[C@@H]1O. The van der Waals surface area contributed by atoms with Crippen LogP contribution in [0.15, 0.2) is 30.3 Å². The van der Waals surface area contributed by atoms with Crippen molar-refractivity contribution < 1.29 is 20.1 Å². The largest absolute Gasteiger partial charge is 0.389 e. The molecule has 1 aliphatic rings. The molecular formula is C13H18N2O4. The van der Waals surface area contributed by atoms with Gasteiger partial charge in [-0.25, -0.2) is 0 Å². The summed E-state index contributed by atoms with van der Waals surface area (Å²) in [6.07, 6.45) is -3.56. The fourth-order valence-electron chi connectivity index (χ4n) is 2.25. The summed E-state index contributed by atoms with van der Waals surface area (Å²) in [5.74, 6) is -0.347. The second kappa shape index (κ2) is 5.66. The number of amides is 1. The third-order valence-electron chi connectivity index (χ3n) is 3.43. The Morgan fingerprint density at radius 2 is 1.74 bits per heavy atom. The van der Waals surface area contributed by atoms with Gasteiger partial charge in [-0.2, -0.15) is 0 Å². The Balaban J connectivity index is 2.05. The monoisotopic (exact) mass is 266 g/mol. The van der Waals surface area contributed by atoms with Crippen molar-refractivity contribution in [1.82, 2.24) is 5.32 Å². The summed E-state index contributed by atoms with van der Waals surface area (Å²) in [7, 11) is 0. The van der Waals surface area contributed by atoms with Crippen LogP contribution in [-0.2, 0) is 0 Å². The lowest BCUT2D eigenvalue weighted by Crippen LogP contribution is -2.62. The molecular weight excluding hydrogens is 248 g/mol. The Hall–Kier alpha value is -1.47. The first-order valence-electron chi connectivity index (χ1n) is 6.16. The van der Waals surface area contributed by atoms with Crippen LogP contribution < -0.4 is 11.1 Å². The number of rotatable bonds is 2. The van der Waals surface area contributed by atoms with Crippen molar-refractivity contribution in [1.29, 1.82) is 0 Å². The van der Waals surface area contributed by atoms with Gasteiger partial charge in [-0.1, -0.05) is 18.2 Å². The number of aliphatic hydroxyl groups is 3. The van der Waals surface area contributed by atoms with E-state index in [0.29, 0.717) is 5.56 Å². The van der Waals surface area contributed by atoms with E-state index in [2.05, 4.69) is 5.32 Å². The highest BCUT2D eigenvalue weighted by Crippen LogP contribution is 2.19. The summed E-state index contributed by atoms with van der Waals surface area (Å²) >= 11 is 0. The molecule has 0 aliphatic heterocycles. The highest BCUT2D eigenvalue weighted by Gasteiger charge is 2.41. The Labute approximate surface area is 110 Å². The van der Waals surface area contributed by atoms with E-state index in [-0.39, 0.29) is 12.3 Å². The number of benzene rings is 1. The van der Waals surface area contributed by atoms with Crippen LogP contribution in [0.4, 0.5) is 0 Å². The molecule has 6 N–H and O–H groups in total. The first-order chi connectivity index (χ1) is 9.00. The van der Waals surface area contributed by atoms with Crippen LogP contribution in [0, 0.1) is 0 Å². The number of nitrogens with two attached hydrogens (primary N) is 1. The zero-order valence-corrected chi connectivity index (χ0v) is 10.3. The lowest BCUT2D eigenvalue weighted by Gasteiger charge is -2.39. The predicted octanol–water partition coefficient (Wildman–Crippen LogP) is -1.40. The van der Waals surface area contributed by atoms with Crippen LogP contribution in [0.1, 0.15) is 16.8 Å². The quantitative estimate of drug-likeness (QED) is 0.451. The van der Waals surface area contributed by atoms with Crippen LogP contribution in [0.25, 0.3) is 0 Å². The number of hydrogen-bond acceptors (Lipinski definition) is 5. The minimum Gasteiger partial charge on any atom is -0.389 e. The van der Waals surface area contributed by atoms with Crippen molar-refractivity contribution in [2.45, 2.75) is 36.8 Å². The van der Waals surface area contributed by atoms with Crippen LogP contribution in [-0.4, -0.2) is 51.6 Å². The molecule has 1 aromatic carbocycles. The molecule has 0 aromatic heterocycles. The number of aliphatic hydroxyl groups excluding tert-OH is 3.